The molecular weight excluding hydrogens is 342 g/mol. The maximum atomic E-state index is 12.4. The molecule has 1 aromatic heterocycles. The summed E-state index contributed by atoms with van der Waals surface area (Å²) in [5, 5.41) is 14.7. The van der Waals surface area contributed by atoms with E-state index in [1.165, 1.54) is 0 Å². The molecule has 0 saturated carbocycles. The lowest BCUT2D eigenvalue weighted by Gasteiger charge is -2.09. The van der Waals surface area contributed by atoms with Gasteiger partial charge in [-0.05, 0) is 53.7 Å². The van der Waals surface area contributed by atoms with Crippen LogP contribution in [0.1, 0.15) is 23.1 Å². The second kappa shape index (κ2) is 7.76. The van der Waals surface area contributed by atoms with Crippen molar-refractivity contribution >= 4 is 23.2 Å². The summed E-state index contributed by atoms with van der Waals surface area (Å²) in [5.41, 5.74) is 1.11. The Morgan fingerprint density at radius 3 is 2.88 bits per heavy atom. The number of nitrogens with one attached hydrogen (secondary N) is 1. The fourth-order valence-corrected chi connectivity index (χ4v) is 2.41. The number of anilines is 1. The van der Waals surface area contributed by atoms with Crippen LogP contribution in [0.25, 0.3) is 0 Å². The zero-order valence-corrected chi connectivity index (χ0v) is 14.3. The number of aromatic nitrogens is 4. The van der Waals surface area contributed by atoms with E-state index in [4.69, 9.17) is 16.3 Å². The molecule has 7 nitrogen and oxygen atoms in total. The first kappa shape index (κ1) is 16.9. The third kappa shape index (κ3) is 4.33. The average Bonchev–Trinajstić information content (AvgIpc) is 3.08. The smallest absolute Gasteiger partial charge is 0.255 e. The Hall–Kier alpha value is -2.93. The summed E-state index contributed by atoms with van der Waals surface area (Å²) >= 11 is 5.92. The molecule has 0 fully saturated rings. The van der Waals surface area contributed by atoms with Crippen LogP contribution >= 0.6 is 11.6 Å². The lowest BCUT2D eigenvalue weighted by molar-refractivity contribution is 0.102. The highest BCUT2D eigenvalue weighted by molar-refractivity contribution is 6.30. The van der Waals surface area contributed by atoms with Crippen molar-refractivity contribution in [1.82, 2.24) is 20.2 Å². The zero-order valence-electron chi connectivity index (χ0n) is 13.5. The molecule has 0 bridgehead atoms. The monoisotopic (exact) mass is 357 g/mol. The van der Waals surface area contributed by atoms with Crippen molar-refractivity contribution < 1.29 is 9.53 Å². The van der Waals surface area contributed by atoms with E-state index in [9.17, 15) is 4.79 Å². The van der Waals surface area contributed by atoms with Crippen LogP contribution in [0.5, 0.6) is 5.75 Å². The highest BCUT2D eigenvalue weighted by Gasteiger charge is 2.09. The van der Waals surface area contributed by atoms with Gasteiger partial charge in [-0.1, -0.05) is 23.7 Å². The van der Waals surface area contributed by atoms with Crippen molar-refractivity contribution in [2.75, 3.05) is 5.32 Å². The summed E-state index contributed by atoms with van der Waals surface area (Å²) in [6, 6.07) is 13.9. The van der Waals surface area contributed by atoms with Crippen LogP contribution in [0, 0.1) is 0 Å². The van der Waals surface area contributed by atoms with Gasteiger partial charge in [-0.25, -0.2) is 4.68 Å². The molecule has 3 rings (SSSR count). The van der Waals surface area contributed by atoms with Crippen LogP contribution < -0.4 is 10.1 Å². The van der Waals surface area contributed by atoms with Gasteiger partial charge in [0.25, 0.3) is 5.91 Å². The zero-order chi connectivity index (χ0) is 17.6. The highest BCUT2D eigenvalue weighted by Crippen LogP contribution is 2.18. The van der Waals surface area contributed by atoms with Crippen LogP contribution in [-0.2, 0) is 13.2 Å². The first-order valence-electron chi connectivity index (χ1n) is 7.70. The topological polar surface area (TPSA) is 81.9 Å². The predicted octanol–water partition coefficient (Wildman–Crippen LogP) is 3.18. The standard InChI is InChI=1S/C17H16ClN5O2/c1-2-23-16(20-21-22-23)11-25-15-8-3-5-12(9-15)17(24)19-14-7-4-6-13(18)10-14/h3-10H,2,11H2,1H3,(H,19,24). The van der Waals surface area contributed by atoms with E-state index in [0.717, 1.165) is 0 Å². The molecular formula is C17H16ClN5O2. The third-order valence-corrected chi connectivity index (χ3v) is 3.69. The molecule has 1 heterocycles. The van der Waals surface area contributed by atoms with Crippen molar-refractivity contribution in [3.05, 3.63) is 64.9 Å². The molecule has 1 N–H and O–H groups in total. The summed E-state index contributed by atoms with van der Waals surface area (Å²) in [7, 11) is 0. The molecule has 0 radical (unpaired) electrons. The molecule has 0 atom stereocenters. The van der Waals surface area contributed by atoms with Crippen LogP contribution in [0.2, 0.25) is 5.02 Å². The molecule has 0 aliphatic heterocycles. The van der Waals surface area contributed by atoms with Gasteiger partial charge in [-0.15, -0.1) is 5.10 Å². The second-order valence-corrected chi connectivity index (χ2v) is 5.63. The molecule has 25 heavy (non-hydrogen) atoms. The summed E-state index contributed by atoms with van der Waals surface area (Å²) < 4.78 is 7.34. The number of carbonyl (C=O) groups is 1. The first-order valence-corrected chi connectivity index (χ1v) is 8.08. The second-order valence-electron chi connectivity index (χ2n) is 5.19. The lowest BCUT2D eigenvalue weighted by Crippen LogP contribution is -2.12. The first-order chi connectivity index (χ1) is 12.2. The fourth-order valence-electron chi connectivity index (χ4n) is 2.22. The Morgan fingerprint density at radius 2 is 2.08 bits per heavy atom. The summed E-state index contributed by atoms with van der Waals surface area (Å²) in [4.78, 5) is 12.4. The number of halogens is 1. The number of aryl methyl sites for hydroxylation is 1. The van der Waals surface area contributed by atoms with Crippen molar-refractivity contribution in [2.24, 2.45) is 0 Å². The lowest BCUT2D eigenvalue weighted by atomic mass is 10.2. The van der Waals surface area contributed by atoms with E-state index < -0.39 is 0 Å². The van der Waals surface area contributed by atoms with E-state index >= 15 is 0 Å². The molecule has 2 aromatic carbocycles. The van der Waals surface area contributed by atoms with Gasteiger partial charge >= 0.3 is 0 Å². The Kier molecular flexibility index (Phi) is 5.25. The minimum atomic E-state index is -0.244. The van der Waals surface area contributed by atoms with Crippen LogP contribution in [0.3, 0.4) is 0 Å². The van der Waals surface area contributed by atoms with E-state index in [2.05, 4.69) is 20.8 Å². The molecule has 0 aliphatic carbocycles. The van der Waals surface area contributed by atoms with Crippen molar-refractivity contribution in [3.63, 3.8) is 0 Å². The Morgan fingerprint density at radius 1 is 1.24 bits per heavy atom. The number of rotatable bonds is 6. The predicted molar refractivity (Wildman–Crippen MR) is 93.7 cm³/mol. The summed E-state index contributed by atoms with van der Waals surface area (Å²) in [6.07, 6.45) is 0. The third-order valence-electron chi connectivity index (χ3n) is 3.45. The van der Waals surface area contributed by atoms with E-state index in [1.54, 1.807) is 53.2 Å². The number of nitrogens with zero attached hydrogens (tertiary/aromatic N) is 4. The molecule has 0 saturated heterocycles. The number of tetrazole rings is 1. The van der Waals surface area contributed by atoms with E-state index in [1.807, 2.05) is 6.92 Å². The van der Waals surface area contributed by atoms with Gasteiger partial charge in [0, 0.05) is 22.8 Å². The molecule has 8 heteroatoms. The fraction of sp³-hybridized carbons (Fsp3) is 0.176. The van der Waals surface area contributed by atoms with Crippen LogP contribution in [0.15, 0.2) is 48.5 Å². The number of hydrogen-bond donors (Lipinski definition) is 1. The van der Waals surface area contributed by atoms with Crippen molar-refractivity contribution in [1.29, 1.82) is 0 Å². The molecule has 0 unspecified atom stereocenters. The normalized spacial score (nSPS) is 10.5. The Bertz CT molecular complexity index is 881. The number of amides is 1. The summed E-state index contributed by atoms with van der Waals surface area (Å²) in [5.74, 6) is 0.937. The highest BCUT2D eigenvalue weighted by atomic mass is 35.5. The maximum Gasteiger partial charge on any atom is 0.255 e. The Labute approximate surface area is 149 Å². The van der Waals surface area contributed by atoms with E-state index in [-0.39, 0.29) is 12.5 Å². The van der Waals surface area contributed by atoms with Gasteiger partial charge in [0.1, 0.15) is 12.4 Å². The number of hydrogen-bond acceptors (Lipinski definition) is 5. The molecule has 0 spiro atoms. The number of ether oxygens (including phenoxy) is 1. The van der Waals surface area contributed by atoms with Crippen LogP contribution in [-0.4, -0.2) is 26.1 Å². The summed E-state index contributed by atoms with van der Waals surface area (Å²) in [6.45, 7) is 2.83. The molecule has 3 aromatic rings. The maximum absolute atomic E-state index is 12.4. The van der Waals surface area contributed by atoms with Gasteiger partial charge in [-0.3, -0.25) is 4.79 Å². The van der Waals surface area contributed by atoms with Gasteiger partial charge in [-0.2, -0.15) is 0 Å². The van der Waals surface area contributed by atoms with E-state index in [0.29, 0.717) is 34.4 Å². The number of carbonyl (C=O) groups excluding carboxylic acids is 1. The van der Waals surface area contributed by atoms with Crippen LogP contribution in [0.4, 0.5) is 5.69 Å². The van der Waals surface area contributed by atoms with Gasteiger partial charge in [0.2, 0.25) is 0 Å². The quantitative estimate of drug-likeness (QED) is 0.732. The Balaban J connectivity index is 1.67. The molecule has 1 amide bonds. The minimum Gasteiger partial charge on any atom is -0.486 e. The van der Waals surface area contributed by atoms with Gasteiger partial charge < -0.3 is 10.1 Å². The SMILES string of the molecule is CCn1nnnc1COc1cccc(C(=O)Nc2cccc(Cl)c2)c1. The number of benzene rings is 2. The van der Waals surface area contributed by atoms with Gasteiger partial charge in [0.05, 0.1) is 0 Å². The average molecular weight is 358 g/mol. The molecule has 128 valence electrons. The van der Waals surface area contributed by atoms with Crippen molar-refractivity contribution in [2.45, 2.75) is 20.1 Å². The largest absolute Gasteiger partial charge is 0.486 e. The van der Waals surface area contributed by atoms with Gasteiger partial charge in [0.15, 0.2) is 5.82 Å². The molecule has 0 aliphatic rings. The van der Waals surface area contributed by atoms with Crippen molar-refractivity contribution in [3.8, 4) is 5.75 Å². The minimum absolute atomic E-state index is 0.222.